The molecule has 0 bridgehead atoms. The van der Waals surface area contributed by atoms with Crippen molar-refractivity contribution in [3.8, 4) is 0 Å². The van der Waals surface area contributed by atoms with E-state index in [1.807, 2.05) is 12.1 Å². The summed E-state index contributed by atoms with van der Waals surface area (Å²) in [6, 6.07) is 29.4. The molecule has 0 spiro atoms. The van der Waals surface area contributed by atoms with Gasteiger partial charge in [-0.2, -0.15) is 12.1 Å². The second-order valence-corrected chi connectivity index (χ2v) is 5.44. The van der Waals surface area contributed by atoms with Gasteiger partial charge in [-0.25, -0.2) is 12.1 Å². The second-order valence-electron chi connectivity index (χ2n) is 5.44. The van der Waals surface area contributed by atoms with Crippen LogP contribution in [0.5, 0.6) is 0 Å². The molecule has 3 aromatic carbocycles. The van der Waals surface area contributed by atoms with E-state index in [-0.39, 0.29) is 17.1 Å². The Morgan fingerprint density at radius 3 is 1.45 bits per heavy atom. The minimum atomic E-state index is -0.540. The zero-order valence-electron chi connectivity index (χ0n) is 16.0. The Bertz CT molecular complexity index is 753. The first-order valence-corrected chi connectivity index (χ1v) is 8.46. The van der Waals surface area contributed by atoms with Gasteiger partial charge in [0.2, 0.25) is 0 Å². The Morgan fingerprint density at radius 2 is 1.10 bits per heavy atom. The molecule has 0 aliphatic rings. The number of hydrogen-bond acceptors (Lipinski definition) is 1. The Kier molecular flexibility index (Phi) is 17.4. The normalized spacial score (nSPS) is 8.93. The molecule has 0 saturated carbocycles. The van der Waals surface area contributed by atoms with E-state index in [2.05, 4.69) is 99.7 Å². The van der Waals surface area contributed by atoms with E-state index in [0.717, 1.165) is 13.0 Å². The third-order valence-corrected chi connectivity index (χ3v) is 3.95. The van der Waals surface area contributed by atoms with Crippen molar-refractivity contribution >= 4 is 0 Å². The fraction of sp³-hybridized carbons (Fsp3) is 0.167. The van der Waals surface area contributed by atoms with Gasteiger partial charge in [-0.3, -0.25) is 0 Å². The molecule has 0 fully saturated rings. The van der Waals surface area contributed by atoms with Crippen molar-refractivity contribution in [2.45, 2.75) is 18.9 Å². The van der Waals surface area contributed by atoms with Gasteiger partial charge in [0.15, 0.2) is 0 Å². The number of ether oxygens (including phenoxy) is 1. The van der Waals surface area contributed by atoms with Crippen LogP contribution in [0.25, 0.3) is 0 Å². The molecule has 0 heterocycles. The molecule has 0 aliphatic carbocycles. The summed E-state index contributed by atoms with van der Waals surface area (Å²) in [4.78, 5) is 0. The van der Waals surface area contributed by atoms with Crippen molar-refractivity contribution in [2.24, 2.45) is 0 Å². The zero-order valence-corrected chi connectivity index (χ0v) is 17.2. The molecule has 3 rings (SSSR count). The topological polar surface area (TPSA) is 68.9 Å². The van der Waals surface area contributed by atoms with E-state index < -0.39 is 5.60 Å². The maximum atomic E-state index is 7.50. The van der Waals surface area contributed by atoms with Crippen LogP contribution in [0.4, 0.5) is 0 Å². The second kappa shape index (κ2) is 17.6. The molecule has 29 heavy (non-hydrogen) atoms. The molecule has 0 N–H and O–H groups in total. The Morgan fingerprint density at radius 1 is 0.724 bits per heavy atom. The van der Waals surface area contributed by atoms with Gasteiger partial charge in [0.05, 0.1) is 5.60 Å². The molecular weight excluding hydrogens is 407 g/mol. The van der Waals surface area contributed by atoms with Gasteiger partial charge in [0.25, 0.3) is 0 Å². The van der Waals surface area contributed by atoms with Crippen LogP contribution in [0.15, 0.2) is 84.9 Å². The fourth-order valence-electron chi connectivity index (χ4n) is 2.96. The van der Waals surface area contributed by atoms with Crippen LogP contribution in [-0.4, -0.2) is 6.61 Å². The van der Waals surface area contributed by atoms with E-state index in [1.165, 1.54) is 16.7 Å². The SMILES string of the molecule is CCCOC(c1ccccc1)(c1ccccc1)[c-]1cccc1.[C-]#[O+].[C-]#[O+].[C-]#[O+].[Mn]. The van der Waals surface area contributed by atoms with Gasteiger partial charge in [0, 0.05) is 23.7 Å². The summed E-state index contributed by atoms with van der Waals surface area (Å²) in [7, 11) is 0. The van der Waals surface area contributed by atoms with Crippen LogP contribution in [0.3, 0.4) is 0 Å². The largest absolute Gasteiger partial charge is 0 e. The quantitative estimate of drug-likeness (QED) is 0.309. The van der Waals surface area contributed by atoms with Crippen molar-refractivity contribution in [1.82, 2.24) is 0 Å². The molecule has 0 aliphatic heterocycles. The maximum Gasteiger partial charge on any atom is 0 e. The van der Waals surface area contributed by atoms with E-state index in [4.69, 9.17) is 18.7 Å². The predicted molar refractivity (Wildman–Crippen MR) is 103 cm³/mol. The first-order chi connectivity index (χ1) is 13.9. The van der Waals surface area contributed by atoms with Crippen molar-refractivity contribution < 1.29 is 35.8 Å². The smallest absolute Gasteiger partial charge is 0 e. The minimum Gasteiger partial charge on any atom is 0 e. The van der Waals surface area contributed by atoms with E-state index in [0.29, 0.717) is 0 Å². The molecular formula is C24H21MnO4-. The van der Waals surface area contributed by atoms with Crippen LogP contribution in [0, 0.1) is 20.0 Å². The number of rotatable bonds is 6. The maximum absolute atomic E-state index is 7.50. The summed E-state index contributed by atoms with van der Waals surface area (Å²) in [6.07, 6.45) is 0.988. The van der Waals surface area contributed by atoms with Crippen molar-refractivity contribution in [3.63, 3.8) is 0 Å². The minimum absolute atomic E-state index is 0. The Labute approximate surface area is 182 Å². The zero-order chi connectivity index (χ0) is 21.3. The van der Waals surface area contributed by atoms with Crippen molar-refractivity contribution in [1.29, 1.82) is 0 Å². The van der Waals surface area contributed by atoms with Crippen LogP contribution in [0.1, 0.15) is 30.0 Å². The monoisotopic (exact) mass is 428 g/mol. The van der Waals surface area contributed by atoms with Crippen molar-refractivity contribution in [2.75, 3.05) is 6.61 Å². The van der Waals surface area contributed by atoms with Crippen LogP contribution in [0.2, 0.25) is 0 Å². The third-order valence-electron chi connectivity index (χ3n) is 3.95. The predicted octanol–water partition coefficient (Wildman–Crippen LogP) is 5.01. The summed E-state index contributed by atoms with van der Waals surface area (Å²) >= 11 is 0. The molecule has 149 valence electrons. The summed E-state index contributed by atoms with van der Waals surface area (Å²) in [5.41, 5.74) is 2.97. The molecule has 0 atom stereocenters. The average Bonchev–Trinajstić information content (AvgIpc) is 3.35. The third kappa shape index (κ3) is 7.44. The average molecular weight is 428 g/mol. The van der Waals surface area contributed by atoms with Crippen LogP contribution in [-0.2, 0) is 41.4 Å². The molecule has 1 radical (unpaired) electrons. The van der Waals surface area contributed by atoms with E-state index >= 15 is 0 Å². The molecule has 0 unspecified atom stereocenters. The summed E-state index contributed by atoms with van der Waals surface area (Å²) in [5, 5.41) is 0. The van der Waals surface area contributed by atoms with Gasteiger partial charge in [-0.15, -0.1) is 5.56 Å². The van der Waals surface area contributed by atoms with Crippen molar-refractivity contribution in [3.05, 3.63) is 122 Å². The molecule has 3 aromatic rings. The molecule has 0 amide bonds. The summed E-state index contributed by atoms with van der Waals surface area (Å²) in [5.74, 6) is 0. The molecule has 4 nitrogen and oxygen atoms in total. The van der Waals surface area contributed by atoms with Gasteiger partial charge >= 0.3 is 33.9 Å². The number of benzene rings is 2. The summed E-state index contributed by atoms with van der Waals surface area (Å²) < 4.78 is 29.0. The van der Waals surface area contributed by atoms with Crippen LogP contribution < -0.4 is 0 Å². The Hall–Kier alpha value is -2.51. The van der Waals surface area contributed by atoms with Crippen LogP contribution >= 0.6 is 0 Å². The van der Waals surface area contributed by atoms with Gasteiger partial charge < -0.3 is 4.74 Å². The first kappa shape index (κ1) is 28.7. The molecule has 0 saturated heterocycles. The van der Waals surface area contributed by atoms with Gasteiger partial charge in [-0.1, -0.05) is 67.6 Å². The van der Waals surface area contributed by atoms with Gasteiger partial charge in [0.1, 0.15) is 0 Å². The number of hydrogen-bond donors (Lipinski definition) is 0. The standard InChI is InChI=1S/C21H21O.3CO.Mn/c1-2-17-22-21(20-15-9-10-16-20,18-11-5-3-6-12-18)19-13-7-4-8-14-19;3*1-2;/h3-16H,2,17H2,1H3;;;;/q-1;;;;. The summed E-state index contributed by atoms with van der Waals surface area (Å²) in [6.45, 7) is 16.4. The van der Waals surface area contributed by atoms with Gasteiger partial charge in [-0.05, 0) is 17.5 Å². The molecule has 5 heteroatoms. The first-order valence-electron chi connectivity index (χ1n) is 8.46. The fourth-order valence-corrected chi connectivity index (χ4v) is 2.96. The van der Waals surface area contributed by atoms with E-state index in [1.54, 1.807) is 0 Å². The molecule has 0 aromatic heterocycles. The Balaban J connectivity index is 0. The van der Waals surface area contributed by atoms with E-state index in [9.17, 15) is 0 Å².